The third kappa shape index (κ3) is 3.53. The highest BCUT2D eigenvalue weighted by molar-refractivity contribution is 7.71. The van der Waals surface area contributed by atoms with Crippen LogP contribution in [0.25, 0.3) is 16.3 Å². The van der Waals surface area contributed by atoms with Crippen molar-refractivity contribution < 1.29 is 4.74 Å². The zero-order valence-corrected chi connectivity index (χ0v) is 15.2. The first-order valence-corrected chi connectivity index (χ1v) is 9.00. The first-order chi connectivity index (χ1) is 12.2. The molecule has 0 spiro atoms. The molecule has 0 radical (unpaired) electrons. The summed E-state index contributed by atoms with van der Waals surface area (Å²) in [6.45, 7) is 0.330. The van der Waals surface area contributed by atoms with Crippen molar-refractivity contribution >= 4 is 40.1 Å². The maximum Gasteiger partial charge on any atom is 0.223 e. The topological polar surface area (TPSA) is 52.3 Å². The van der Waals surface area contributed by atoms with Crippen molar-refractivity contribution in [1.82, 2.24) is 19.6 Å². The van der Waals surface area contributed by atoms with Crippen molar-refractivity contribution in [2.75, 3.05) is 0 Å². The van der Waals surface area contributed by atoms with Gasteiger partial charge in [-0.2, -0.15) is 19.6 Å². The summed E-state index contributed by atoms with van der Waals surface area (Å²) in [6, 6.07) is 17.0. The van der Waals surface area contributed by atoms with Crippen molar-refractivity contribution in [3.8, 4) is 17.1 Å². The lowest BCUT2D eigenvalue weighted by molar-refractivity contribution is 0.304. The van der Waals surface area contributed by atoms with Crippen LogP contribution in [-0.4, -0.2) is 19.6 Å². The van der Waals surface area contributed by atoms with Gasteiger partial charge < -0.3 is 4.74 Å². The van der Waals surface area contributed by atoms with Crippen molar-refractivity contribution in [2.45, 2.75) is 6.61 Å². The van der Waals surface area contributed by atoms with Gasteiger partial charge in [-0.3, -0.25) is 0 Å². The number of fused-ring (bicyclic) bond motifs is 1. The fourth-order valence-corrected chi connectivity index (χ4v) is 3.44. The Balaban J connectivity index is 1.68. The van der Waals surface area contributed by atoms with Gasteiger partial charge in [-0.15, -0.1) is 0 Å². The Morgan fingerprint density at radius 1 is 1.04 bits per heavy atom. The normalized spacial score (nSPS) is 10.9. The molecule has 0 N–H and O–H groups in total. The van der Waals surface area contributed by atoms with Crippen LogP contribution >= 0.6 is 35.2 Å². The van der Waals surface area contributed by atoms with Crippen molar-refractivity contribution in [2.24, 2.45) is 0 Å². The van der Waals surface area contributed by atoms with E-state index >= 15 is 0 Å². The monoisotopic (exact) mass is 386 g/mol. The second-order valence-corrected chi connectivity index (χ2v) is 6.97. The summed E-state index contributed by atoms with van der Waals surface area (Å²) in [6.07, 6.45) is 0. The molecule has 2 heterocycles. The highest BCUT2D eigenvalue weighted by atomic mass is 35.5. The highest BCUT2D eigenvalue weighted by Crippen LogP contribution is 2.22. The third-order valence-corrected chi connectivity index (χ3v) is 4.72. The maximum atomic E-state index is 5.88. The summed E-state index contributed by atoms with van der Waals surface area (Å²) in [5, 5.41) is 6.03. The van der Waals surface area contributed by atoms with Crippen LogP contribution in [0.1, 0.15) is 5.01 Å². The van der Waals surface area contributed by atoms with Crippen molar-refractivity contribution in [1.29, 1.82) is 0 Å². The number of ether oxygens (including phenoxy) is 1. The van der Waals surface area contributed by atoms with Gasteiger partial charge in [-0.1, -0.05) is 53.3 Å². The first kappa shape index (κ1) is 16.1. The van der Waals surface area contributed by atoms with E-state index in [1.807, 2.05) is 42.5 Å². The second kappa shape index (κ2) is 6.87. The van der Waals surface area contributed by atoms with Gasteiger partial charge in [-0.25, -0.2) is 0 Å². The Kier molecular flexibility index (Phi) is 4.44. The van der Waals surface area contributed by atoms with Gasteiger partial charge in [0.1, 0.15) is 12.4 Å². The minimum Gasteiger partial charge on any atom is -0.486 e. The zero-order chi connectivity index (χ0) is 17.2. The Labute approximate surface area is 157 Å². The van der Waals surface area contributed by atoms with E-state index in [1.165, 1.54) is 11.3 Å². The average Bonchev–Trinajstić information content (AvgIpc) is 3.04. The standard InChI is InChI=1S/C17H11ClN4OS2/c18-12-6-8-13(9-7-12)23-10-14-21-22-15(11-4-2-1-3-5-11)19-16(24)20-17(22)25-14/h1-9H,10H2. The van der Waals surface area contributed by atoms with Crippen molar-refractivity contribution in [3.63, 3.8) is 0 Å². The lowest BCUT2D eigenvalue weighted by atomic mass is 10.2. The van der Waals surface area contributed by atoms with Crippen LogP contribution in [0, 0.1) is 4.77 Å². The van der Waals surface area contributed by atoms with Gasteiger partial charge >= 0.3 is 0 Å². The van der Waals surface area contributed by atoms with Gasteiger partial charge in [0.25, 0.3) is 0 Å². The van der Waals surface area contributed by atoms with Gasteiger partial charge in [0, 0.05) is 10.6 Å². The molecule has 5 nitrogen and oxygen atoms in total. The van der Waals surface area contributed by atoms with E-state index in [0.29, 0.717) is 27.2 Å². The van der Waals surface area contributed by atoms with Crippen LogP contribution in [0.4, 0.5) is 0 Å². The fourth-order valence-electron chi connectivity index (χ4n) is 2.28. The molecule has 0 fully saturated rings. The lowest BCUT2D eigenvalue weighted by Gasteiger charge is -2.03. The summed E-state index contributed by atoms with van der Waals surface area (Å²) in [5.74, 6) is 1.40. The SMILES string of the molecule is S=c1nc(-c2ccccc2)n2nc(COc3ccc(Cl)cc3)sc2n1. The van der Waals surface area contributed by atoms with E-state index in [2.05, 4.69) is 15.1 Å². The molecule has 0 atom stereocenters. The Morgan fingerprint density at radius 3 is 2.56 bits per heavy atom. The average molecular weight is 387 g/mol. The molecule has 124 valence electrons. The number of halogens is 1. The number of hydrogen-bond acceptors (Lipinski definition) is 6. The number of aromatic nitrogens is 4. The van der Waals surface area contributed by atoms with E-state index in [4.69, 9.17) is 28.6 Å². The third-order valence-electron chi connectivity index (χ3n) is 3.40. The van der Waals surface area contributed by atoms with Crippen LogP contribution in [-0.2, 0) is 6.61 Å². The largest absolute Gasteiger partial charge is 0.486 e. The van der Waals surface area contributed by atoms with Gasteiger partial charge in [0.15, 0.2) is 10.8 Å². The zero-order valence-electron chi connectivity index (χ0n) is 12.8. The summed E-state index contributed by atoms with van der Waals surface area (Å²) < 4.78 is 7.76. The van der Waals surface area contributed by atoms with E-state index in [9.17, 15) is 0 Å². The second-order valence-electron chi connectivity index (χ2n) is 5.13. The predicted octanol–water partition coefficient (Wildman–Crippen LogP) is 4.81. The summed E-state index contributed by atoms with van der Waals surface area (Å²) in [7, 11) is 0. The van der Waals surface area contributed by atoms with E-state index in [1.54, 1.807) is 16.6 Å². The number of hydrogen-bond donors (Lipinski definition) is 0. The number of rotatable bonds is 4. The molecule has 0 saturated heterocycles. The smallest absolute Gasteiger partial charge is 0.223 e. The molecule has 0 saturated carbocycles. The molecule has 0 bridgehead atoms. The van der Waals surface area contributed by atoms with E-state index in [-0.39, 0.29) is 0 Å². The molecular weight excluding hydrogens is 376 g/mol. The van der Waals surface area contributed by atoms with Crippen LogP contribution in [0.15, 0.2) is 54.6 Å². The Morgan fingerprint density at radius 2 is 1.80 bits per heavy atom. The molecule has 0 aliphatic rings. The Bertz CT molecular complexity index is 1080. The molecule has 4 rings (SSSR count). The lowest BCUT2D eigenvalue weighted by Crippen LogP contribution is -2.01. The molecule has 0 unspecified atom stereocenters. The molecule has 0 amide bonds. The van der Waals surface area contributed by atoms with Crippen LogP contribution in [0.3, 0.4) is 0 Å². The van der Waals surface area contributed by atoms with Crippen molar-refractivity contribution in [3.05, 3.63) is 69.4 Å². The first-order valence-electron chi connectivity index (χ1n) is 7.40. The minimum atomic E-state index is 0.299. The van der Waals surface area contributed by atoms with Gasteiger partial charge in [-0.05, 0) is 36.5 Å². The molecule has 0 aliphatic heterocycles. The number of benzene rings is 2. The molecule has 2 aromatic carbocycles. The number of nitrogens with zero attached hydrogens (tertiary/aromatic N) is 4. The molecule has 4 aromatic rings. The summed E-state index contributed by atoms with van der Waals surface area (Å²) in [4.78, 5) is 9.36. The summed E-state index contributed by atoms with van der Waals surface area (Å²) in [5.41, 5.74) is 0.932. The van der Waals surface area contributed by atoms with Crippen LogP contribution in [0.5, 0.6) is 5.75 Å². The molecule has 8 heteroatoms. The van der Waals surface area contributed by atoms with Gasteiger partial charge in [0.05, 0.1) is 0 Å². The molecular formula is C17H11ClN4OS2. The van der Waals surface area contributed by atoms with Crippen LogP contribution in [0.2, 0.25) is 5.02 Å². The summed E-state index contributed by atoms with van der Waals surface area (Å²) >= 11 is 12.5. The van der Waals surface area contributed by atoms with Gasteiger partial charge in [0.2, 0.25) is 9.73 Å². The van der Waals surface area contributed by atoms with Crippen LogP contribution < -0.4 is 4.74 Å². The molecule has 25 heavy (non-hydrogen) atoms. The Hall–Kier alpha value is -2.35. The quantitative estimate of drug-likeness (QED) is 0.471. The molecule has 0 aliphatic carbocycles. The highest BCUT2D eigenvalue weighted by Gasteiger charge is 2.12. The van der Waals surface area contributed by atoms with E-state index < -0.39 is 0 Å². The maximum absolute atomic E-state index is 5.88. The minimum absolute atomic E-state index is 0.299. The molecule has 2 aromatic heterocycles. The predicted molar refractivity (Wildman–Crippen MR) is 101 cm³/mol. The van der Waals surface area contributed by atoms with E-state index in [0.717, 1.165) is 16.3 Å². The fraction of sp³-hybridized carbons (Fsp3) is 0.0588.